The topological polar surface area (TPSA) is 41.2 Å². The number of Topliss-reactive ketones (excluding diaryl/α,β-unsaturated/α-hetero) is 1. The zero-order chi connectivity index (χ0) is 15.3. The lowest BCUT2D eigenvalue weighted by Crippen LogP contribution is -2.29. The van der Waals surface area contributed by atoms with Gasteiger partial charge in [-0.2, -0.15) is 0 Å². The summed E-state index contributed by atoms with van der Waals surface area (Å²) in [6, 6.07) is 17.1. The molecule has 0 amide bonds. The van der Waals surface area contributed by atoms with Crippen LogP contribution in [0.1, 0.15) is 21.5 Å². The minimum atomic E-state index is -0.122. The summed E-state index contributed by atoms with van der Waals surface area (Å²) in [6.07, 6.45) is 1.89. The molecule has 2 aromatic carbocycles. The lowest BCUT2D eigenvalue weighted by molar-refractivity contribution is -0.645. The van der Waals surface area contributed by atoms with E-state index >= 15 is 0 Å². The standard InChI is InChI=1S/C19H13NO2/c1-20-11-13(10-12-6-2-5-9-16(12)20)17-18(21)14-7-3-4-8-15(14)19(17)22/h2-11H,1H3/p+1. The fourth-order valence-corrected chi connectivity index (χ4v) is 3.08. The first-order valence-corrected chi connectivity index (χ1v) is 7.13. The van der Waals surface area contributed by atoms with E-state index in [1.165, 1.54) is 0 Å². The molecule has 3 heteroatoms. The van der Waals surface area contributed by atoms with E-state index in [0.717, 1.165) is 16.5 Å². The van der Waals surface area contributed by atoms with Crippen LogP contribution in [0.5, 0.6) is 0 Å². The van der Waals surface area contributed by atoms with E-state index in [1.807, 2.05) is 60.3 Å². The van der Waals surface area contributed by atoms with Gasteiger partial charge in [0.25, 0.3) is 0 Å². The van der Waals surface area contributed by atoms with Gasteiger partial charge in [-0.25, -0.2) is 4.57 Å². The third-order valence-corrected chi connectivity index (χ3v) is 4.14. The highest BCUT2D eigenvalue weighted by Crippen LogP contribution is 2.36. The fraction of sp³-hybridized carbons (Fsp3) is 0.0526. The molecule has 4 rings (SSSR count). The summed E-state index contributed by atoms with van der Waals surface area (Å²) < 4.78 is 1.97. The van der Waals surface area contributed by atoms with Crippen molar-refractivity contribution in [2.24, 2.45) is 7.05 Å². The van der Waals surface area contributed by atoms with Gasteiger partial charge in [0.15, 0.2) is 12.0 Å². The molecule has 0 bridgehead atoms. The summed E-state index contributed by atoms with van der Waals surface area (Å²) in [4.78, 5) is 12.6. The Balaban J connectivity index is 1.97. The van der Waals surface area contributed by atoms with Crippen LogP contribution in [0.2, 0.25) is 0 Å². The normalized spacial score (nSPS) is 13.8. The number of allylic oxidation sites excluding steroid dienone is 1. The van der Waals surface area contributed by atoms with Gasteiger partial charge in [0.05, 0.1) is 11.1 Å². The molecule has 1 aliphatic carbocycles. The molecule has 0 unspecified atom stereocenters. The SMILES string of the molecule is C[n+]1cc(C2=C(O)c3ccccc3C2=O)cc2ccccc21. The van der Waals surface area contributed by atoms with Crippen molar-refractivity contribution in [3.05, 3.63) is 77.5 Å². The molecule has 1 aliphatic rings. The molecule has 1 N–H and O–H groups in total. The molecule has 0 radical (unpaired) electrons. The molecule has 0 fully saturated rings. The third-order valence-electron chi connectivity index (χ3n) is 4.14. The third kappa shape index (κ3) is 1.69. The summed E-state index contributed by atoms with van der Waals surface area (Å²) in [6.45, 7) is 0. The second-order valence-corrected chi connectivity index (χ2v) is 5.50. The number of carbonyl (C=O) groups excluding carboxylic acids is 1. The predicted octanol–water partition coefficient (Wildman–Crippen LogP) is 3.29. The summed E-state index contributed by atoms with van der Waals surface area (Å²) in [5.41, 5.74) is 3.36. The van der Waals surface area contributed by atoms with Gasteiger partial charge in [-0.05, 0) is 12.1 Å². The van der Waals surface area contributed by atoms with Crippen molar-refractivity contribution in [1.82, 2.24) is 0 Å². The van der Waals surface area contributed by atoms with Crippen molar-refractivity contribution in [2.45, 2.75) is 0 Å². The zero-order valence-corrected chi connectivity index (χ0v) is 12.1. The molecule has 0 saturated carbocycles. The Morgan fingerprint density at radius 3 is 2.41 bits per heavy atom. The Morgan fingerprint density at radius 2 is 1.64 bits per heavy atom. The number of pyridine rings is 1. The van der Waals surface area contributed by atoms with Crippen molar-refractivity contribution >= 4 is 28.0 Å². The maximum atomic E-state index is 12.6. The lowest BCUT2D eigenvalue weighted by Gasteiger charge is -2.03. The van der Waals surface area contributed by atoms with Crippen molar-refractivity contribution in [3.8, 4) is 0 Å². The highest BCUT2D eigenvalue weighted by molar-refractivity contribution is 6.38. The number of fused-ring (bicyclic) bond motifs is 2. The number of aliphatic hydroxyl groups is 1. The number of aromatic nitrogens is 1. The smallest absolute Gasteiger partial charge is 0.212 e. The number of hydrogen-bond donors (Lipinski definition) is 1. The van der Waals surface area contributed by atoms with Crippen LogP contribution in [0, 0.1) is 0 Å². The van der Waals surface area contributed by atoms with E-state index in [-0.39, 0.29) is 11.5 Å². The van der Waals surface area contributed by atoms with Crippen LogP contribution in [0.4, 0.5) is 0 Å². The Hall–Kier alpha value is -2.94. The monoisotopic (exact) mass is 288 g/mol. The minimum Gasteiger partial charge on any atom is -0.506 e. The van der Waals surface area contributed by atoms with E-state index in [9.17, 15) is 9.90 Å². The van der Waals surface area contributed by atoms with Crippen LogP contribution in [0.25, 0.3) is 22.2 Å². The molecule has 3 aromatic rings. The van der Waals surface area contributed by atoms with Crippen molar-refractivity contribution in [2.75, 3.05) is 0 Å². The Morgan fingerprint density at radius 1 is 0.955 bits per heavy atom. The van der Waals surface area contributed by atoms with E-state index in [1.54, 1.807) is 12.1 Å². The maximum Gasteiger partial charge on any atom is 0.212 e. The number of carbonyl (C=O) groups is 1. The van der Waals surface area contributed by atoms with E-state index in [2.05, 4.69) is 0 Å². The van der Waals surface area contributed by atoms with Gasteiger partial charge in [-0.1, -0.05) is 36.4 Å². The van der Waals surface area contributed by atoms with Crippen LogP contribution in [0.15, 0.2) is 60.8 Å². The van der Waals surface area contributed by atoms with Crippen LogP contribution in [-0.2, 0) is 7.05 Å². The molecule has 106 valence electrons. The van der Waals surface area contributed by atoms with Gasteiger partial charge in [0.2, 0.25) is 5.52 Å². The first-order chi connectivity index (χ1) is 10.7. The van der Waals surface area contributed by atoms with Crippen molar-refractivity contribution < 1.29 is 14.5 Å². The maximum absolute atomic E-state index is 12.6. The Labute approximate surface area is 127 Å². The molecule has 0 atom stereocenters. The number of aliphatic hydroxyl groups excluding tert-OH is 1. The molecular weight excluding hydrogens is 274 g/mol. The number of hydrogen-bond acceptors (Lipinski definition) is 2. The van der Waals surface area contributed by atoms with Crippen molar-refractivity contribution in [3.63, 3.8) is 0 Å². The zero-order valence-electron chi connectivity index (χ0n) is 12.1. The number of nitrogens with zero attached hydrogens (tertiary/aromatic N) is 1. The molecule has 1 aromatic heterocycles. The van der Waals surface area contributed by atoms with Crippen LogP contribution < -0.4 is 4.57 Å². The van der Waals surface area contributed by atoms with Crippen molar-refractivity contribution in [1.29, 1.82) is 0 Å². The summed E-state index contributed by atoms with van der Waals surface area (Å²) in [7, 11) is 1.94. The largest absolute Gasteiger partial charge is 0.506 e. The molecule has 22 heavy (non-hydrogen) atoms. The number of benzene rings is 2. The summed E-state index contributed by atoms with van der Waals surface area (Å²) in [5.74, 6) is -0.0562. The van der Waals surface area contributed by atoms with Gasteiger partial charge in [-0.15, -0.1) is 0 Å². The quantitative estimate of drug-likeness (QED) is 0.698. The molecule has 3 nitrogen and oxygen atoms in total. The number of para-hydroxylation sites is 1. The second-order valence-electron chi connectivity index (χ2n) is 5.50. The fourth-order valence-electron chi connectivity index (χ4n) is 3.08. The van der Waals surface area contributed by atoms with Crippen LogP contribution in [0.3, 0.4) is 0 Å². The van der Waals surface area contributed by atoms with E-state index in [0.29, 0.717) is 16.7 Å². The van der Waals surface area contributed by atoms with Gasteiger partial charge < -0.3 is 5.11 Å². The van der Waals surface area contributed by atoms with Gasteiger partial charge in [0, 0.05) is 22.6 Å². The van der Waals surface area contributed by atoms with E-state index in [4.69, 9.17) is 0 Å². The molecule has 0 aliphatic heterocycles. The van der Waals surface area contributed by atoms with Crippen LogP contribution in [-0.4, -0.2) is 10.9 Å². The second kappa shape index (κ2) is 4.53. The number of ketones is 1. The lowest BCUT2D eigenvalue weighted by atomic mass is 10.0. The molecule has 1 heterocycles. The minimum absolute atomic E-state index is 0.0656. The highest BCUT2D eigenvalue weighted by atomic mass is 16.3. The van der Waals surface area contributed by atoms with Gasteiger partial charge in [-0.3, -0.25) is 4.79 Å². The van der Waals surface area contributed by atoms with Gasteiger partial charge >= 0.3 is 0 Å². The molecular formula is C19H14NO2+. The molecule has 0 spiro atoms. The first kappa shape index (κ1) is 12.8. The van der Waals surface area contributed by atoms with Gasteiger partial charge in [0.1, 0.15) is 12.8 Å². The van der Waals surface area contributed by atoms with E-state index < -0.39 is 0 Å². The Kier molecular flexibility index (Phi) is 2.63. The summed E-state index contributed by atoms with van der Waals surface area (Å²) in [5, 5.41) is 11.5. The first-order valence-electron chi connectivity index (χ1n) is 7.13. The number of rotatable bonds is 1. The highest BCUT2D eigenvalue weighted by Gasteiger charge is 2.31. The molecule has 0 saturated heterocycles. The number of aryl methyl sites for hydroxylation is 1. The summed E-state index contributed by atoms with van der Waals surface area (Å²) >= 11 is 0. The average Bonchev–Trinajstić information content (AvgIpc) is 2.79. The average molecular weight is 288 g/mol. The van der Waals surface area contributed by atoms with Crippen LogP contribution >= 0.6 is 0 Å². The Bertz CT molecular complexity index is 970. The predicted molar refractivity (Wildman–Crippen MR) is 85.3 cm³/mol.